The van der Waals surface area contributed by atoms with E-state index in [9.17, 15) is 30.3 Å². The van der Waals surface area contributed by atoms with Gasteiger partial charge in [0.2, 0.25) is 5.91 Å². The molecular weight excluding hydrogens is 791 g/mol. The summed E-state index contributed by atoms with van der Waals surface area (Å²) in [5.41, 5.74) is 0. The maximum absolute atomic E-state index is 13.0. The molecule has 1 rings (SSSR count). The molecule has 0 aliphatic carbocycles. The zero-order chi connectivity index (χ0) is 45.9. The van der Waals surface area contributed by atoms with Crippen molar-refractivity contribution in [2.24, 2.45) is 0 Å². The van der Waals surface area contributed by atoms with Gasteiger partial charge in [-0.2, -0.15) is 0 Å². The first-order valence-corrected chi connectivity index (χ1v) is 25.7. The van der Waals surface area contributed by atoms with Crippen LogP contribution in [0.25, 0.3) is 0 Å². The number of amides is 1. The highest BCUT2D eigenvalue weighted by Crippen LogP contribution is 2.22. The van der Waals surface area contributed by atoms with Gasteiger partial charge in [-0.1, -0.05) is 202 Å². The molecule has 1 fully saturated rings. The molecule has 0 aromatic rings. The Morgan fingerprint density at radius 1 is 0.556 bits per heavy atom. The van der Waals surface area contributed by atoms with Crippen molar-refractivity contribution in [3.63, 3.8) is 0 Å². The lowest BCUT2D eigenvalue weighted by molar-refractivity contribution is -0.302. The highest BCUT2D eigenvalue weighted by molar-refractivity contribution is 5.76. The first-order valence-electron chi connectivity index (χ1n) is 25.7. The normalized spacial score (nSPS) is 20.8. The highest BCUT2D eigenvalue weighted by Gasteiger charge is 2.44. The van der Waals surface area contributed by atoms with Crippen LogP contribution >= 0.6 is 0 Å². The van der Waals surface area contributed by atoms with Gasteiger partial charge in [-0.05, 0) is 70.6 Å². The predicted octanol–water partition coefficient (Wildman–Crippen LogP) is 11.7. The zero-order valence-corrected chi connectivity index (χ0v) is 40.1. The average molecular weight is 886 g/mol. The van der Waals surface area contributed by atoms with E-state index in [2.05, 4.69) is 79.9 Å². The fourth-order valence-electron chi connectivity index (χ4n) is 7.69. The summed E-state index contributed by atoms with van der Waals surface area (Å²) in [6.45, 7) is 3.64. The minimum atomic E-state index is -1.58. The molecular formula is C54H95NO8. The molecule has 0 radical (unpaired) electrons. The molecule has 0 saturated carbocycles. The second-order valence-electron chi connectivity index (χ2n) is 17.6. The molecule has 0 spiro atoms. The minimum Gasteiger partial charge on any atom is -0.394 e. The van der Waals surface area contributed by atoms with E-state index in [4.69, 9.17) is 9.47 Å². The monoisotopic (exact) mass is 886 g/mol. The summed E-state index contributed by atoms with van der Waals surface area (Å²) in [5, 5.41) is 54.3. The van der Waals surface area contributed by atoms with Crippen molar-refractivity contribution in [1.82, 2.24) is 5.32 Å². The Kier molecular flexibility index (Phi) is 40.5. The van der Waals surface area contributed by atoms with Gasteiger partial charge >= 0.3 is 0 Å². The van der Waals surface area contributed by atoms with Crippen LogP contribution < -0.4 is 5.32 Å². The fourth-order valence-corrected chi connectivity index (χ4v) is 7.69. The van der Waals surface area contributed by atoms with Gasteiger partial charge in [0.15, 0.2) is 6.29 Å². The topological polar surface area (TPSA) is 149 Å². The number of aliphatic hydroxyl groups is 5. The van der Waals surface area contributed by atoms with Crippen LogP contribution in [-0.2, 0) is 14.3 Å². The first kappa shape index (κ1) is 58.6. The van der Waals surface area contributed by atoms with E-state index in [0.29, 0.717) is 6.42 Å². The van der Waals surface area contributed by atoms with E-state index < -0.39 is 49.5 Å². The molecule has 63 heavy (non-hydrogen) atoms. The lowest BCUT2D eigenvalue weighted by Gasteiger charge is -2.40. The summed E-state index contributed by atoms with van der Waals surface area (Å²) in [6, 6.07) is -0.830. The molecule has 9 heteroatoms. The summed E-state index contributed by atoms with van der Waals surface area (Å²) in [6.07, 6.45) is 52.3. The Morgan fingerprint density at radius 2 is 1.00 bits per heavy atom. The maximum atomic E-state index is 13.0. The van der Waals surface area contributed by atoms with Crippen LogP contribution in [-0.4, -0.2) is 87.5 Å². The lowest BCUT2D eigenvalue weighted by Crippen LogP contribution is -2.60. The standard InChI is InChI=1S/C54H95NO8/c1-3-5-7-9-11-13-15-17-19-21-23-24-26-28-30-32-34-36-38-40-42-44-50(58)55-47(46-62-54-53(61)52(60)51(59)49(45-56)63-54)48(57)43-41-39-37-35-33-31-29-27-25-22-20-18-16-14-12-10-8-6-4-2/h5,7,11,13,17,19,23-24,33,35,41,43,47-49,51-54,56-57,59-61H,3-4,6,8-10,12,14-16,18,20-22,25-32,34,36-40,42,44-46H2,1-2H3,(H,55,58)/b7-5-,13-11-,19-17-,24-23-,35-33+,43-41+. The summed E-state index contributed by atoms with van der Waals surface area (Å²) in [5.74, 6) is -0.197. The molecule has 0 aromatic heterocycles. The Morgan fingerprint density at radius 3 is 1.52 bits per heavy atom. The SMILES string of the molecule is CC/C=C\C/C=C\C/C=C\C/C=C\CCCCCCCCCCC(=O)NC(COC1OC(CO)C(O)C(O)C1O)C(O)/C=C/CC/C=C/CCCCCCCCCCCCCCC. The van der Waals surface area contributed by atoms with E-state index in [0.717, 1.165) is 77.0 Å². The molecule has 0 bridgehead atoms. The molecule has 0 aromatic carbocycles. The number of nitrogens with one attached hydrogen (secondary N) is 1. The predicted molar refractivity (Wildman–Crippen MR) is 262 cm³/mol. The van der Waals surface area contributed by atoms with Crippen LogP contribution in [0.5, 0.6) is 0 Å². The van der Waals surface area contributed by atoms with Gasteiger partial charge in [0.05, 0.1) is 25.4 Å². The number of rotatable bonds is 42. The second-order valence-corrected chi connectivity index (χ2v) is 17.6. The number of hydrogen-bond donors (Lipinski definition) is 6. The number of allylic oxidation sites excluding steroid dienone is 11. The summed E-state index contributed by atoms with van der Waals surface area (Å²) >= 11 is 0. The molecule has 7 atom stereocenters. The average Bonchev–Trinajstić information content (AvgIpc) is 3.28. The van der Waals surface area contributed by atoms with Crippen LogP contribution in [0.4, 0.5) is 0 Å². The largest absolute Gasteiger partial charge is 0.394 e. The van der Waals surface area contributed by atoms with Crippen molar-refractivity contribution in [3.05, 3.63) is 72.9 Å². The number of aliphatic hydroxyl groups excluding tert-OH is 5. The lowest BCUT2D eigenvalue weighted by atomic mass is 9.99. The highest BCUT2D eigenvalue weighted by atomic mass is 16.7. The van der Waals surface area contributed by atoms with Gasteiger partial charge < -0.3 is 40.3 Å². The quantitative estimate of drug-likeness (QED) is 0.0262. The molecule has 6 N–H and O–H groups in total. The van der Waals surface area contributed by atoms with Gasteiger partial charge in [-0.15, -0.1) is 0 Å². The van der Waals surface area contributed by atoms with Crippen LogP contribution in [0.2, 0.25) is 0 Å². The number of unbranched alkanes of at least 4 members (excludes halogenated alkanes) is 22. The number of ether oxygens (including phenoxy) is 2. The number of hydrogen-bond acceptors (Lipinski definition) is 8. The minimum absolute atomic E-state index is 0.197. The Balaban J connectivity index is 2.33. The Labute approximate surface area is 385 Å². The molecule has 1 amide bonds. The molecule has 364 valence electrons. The Hall–Kier alpha value is -2.37. The van der Waals surface area contributed by atoms with Crippen molar-refractivity contribution in [2.45, 2.75) is 249 Å². The van der Waals surface area contributed by atoms with E-state index in [1.165, 1.54) is 109 Å². The van der Waals surface area contributed by atoms with Crippen LogP contribution in [0.15, 0.2) is 72.9 Å². The maximum Gasteiger partial charge on any atom is 0.220 e. The van der Waals surface area contributed by atoms with Gasteiger partial charge in [0, 0.05) is 6.42 Å². The molecule has 1 aliphatic rings. The van der Waals surface area contributed by atoms with E-state index >= 15 is 0 Å². The van der Waals surface area contributed by atoms with Crippen LogP contribution in [0.1, 0.15) is 206 Å². The number of carbonyl (C=O) groups is 1. The van der Waals surface area contributed by atoms with Crippen molar-refractivity contribution in [1.29, 1.82) is 0 Å². The molecule has 9 nitrogen and oxygen atoms in total. The van der Waals surface area contributed by atoms with Crippen molar-refractivity contribution in [2.75, 3.05) is 13.2 Å². The third kappa shape index (κ3) is 33.7. The number of carbonyl (C=O) groups excluding carboxylic acids is 1. The summed E-state index contributed by atoms with van der Waals surface area (Å²) < 4.78 is 11.2. The molecule has 1 saturated heterocycles. The van der Waals surface area contributed by atoms with Crippen LogP contribution in [0, 0.1) is 0 Å². The first-order chi connectivity index (χ1) is 30.8. The van der Waals surface area contributed by atoms with Gasteiger partial charge in [0.1, 0.15) is 24.4 Å². The van der Waals surface area contributed by atoms with Crippen molar-refractivity contribution < 1.29 is 39.8 Å². The van der Waals surface area contributed by atoms with Crippen LogP contribution in [0.3, 0.4) is 0 Å². The second kappa shape index (κ2) is 43.5. The van der Waals surface area contributed by atoms with Gasteiger partial charge in [-0.25, -0.2) is 0 Å². The molecule has 1 heterocycles. The van der Waals surface area contributed by atoms with Gasteiger partial charge in [-0.3, -0.25) is 4.79 Å². The third-order valence-corrected chi connectivity index (χ3v) is 11.8. The zero-order valence-electron chi connectivity index (χ0n) is 40.1. The van der Waals surface area contributed by atoms with E-state index in [1.807, 2.05) is 6.08 Å². The van der Waals surface area contributed by atoms with Gasteiger partial charge in [0.25, 0.3) is 0 Å². The fraction of sp³-hybridized carbons (Fsp3) is 0.759. The molecule has 7 unspecified atom stereocenters. The molecule has 1 aliphatic heterocycles. The van der Waals surface area contributed by atoms with E-state index in [-0.39, 0.29) is 12.5 Å². The van der Waals surface area contributed by atoms with Crippen molar-refractivity contribution >= 4 is 5.91 Å². The summed E-state index contributed by atoms with van der Waals surface area (Å²) in [4.78, 5) is 13.0. The van der Waals surface area contributed by atoms with E-state index in [1.54, 1.807) is 6.08 Å². The smallest absolute Gasteiger partial charge is 0.220 e. The third-order valence-electron chi connectivity index (χ3n) is 11.8. The Bertz CT molecular complexity index is 1210. The summed E-state index contributed by atoms with van der Waals surface area (Å²) in [7, 11) is 0. The van der Waals surface area contributed by atoms with Crippen molar-refractivity contribution in [3.8, 4) is 0 Å².